The highest BCUT2D eigenvalue weighted by atomic mass is 32.1. The number of carbonyl (C=O) groups excluding carboxylic acids is 1. The predicted molar refractivity (Wildman–Crippen MR) is 59.2 cm³/mol. The van der Waals surface area contributed by atoms with Gasteiger partial charge in [0.15, 0.2) is 0 Å². The van der Waals surface area contributed by atoms with E-state index in [-0.39, 0.29) is 5.91 Å². The van der Waals surface area contributed by atoms with Crippen molar-refractivity contribution in [3.63, 3.8) is 0 Å². The minimum Gasteiger partial charge on any atom is -0.341 e. The first kappa shape index (κ1) is 11.0. The van der Waals surface area contributed by atoms with Crippen molar-refractivity contribution in [1.29, 1.82) is 0 Å². The van der Waals surface area contributed by atoms with Crippen molar-refractivity contribution in [2.75, 3.05) is 12.8 Å². The maximum atomic E-state index is 11.4. The van der Waals surface area contributed by atoms with Gasteiger partial charge in [0.1, 0.15) is 0 Å². The fourth-order valence-corrected chi connectivity index (χ4v) is 1.33. The summed E-state index contributed by atoms with van der Waals surface area (Å²) < 4.78 is 0. The average Bonchev–Trinajstić information content (AvgIpc) is 2.19. The predicted octanol–water partition coefficient (Wildman–Crippen LogP) is 1.36. The van der Waals surface area contributed by atoms with Gasteiger partial charge in [-0.3, -0.25) is 9.78 Å². The van der Waals surface area contributed by atoms with Gasteiger partial charge in [0, 0.05) is 32.4 Å². The third-order valence-corrected chi connectivity index (χ3v) is 2.14. The number of hydrogen-bond donors (Lipinski definition) is 1. The van der Waals surface area contributed by atoms with E-state index in [2.05, 4.69) is 17.6 Å². The molecule has 1 aromatic rings. The van der Waals surface area contributed by atoms with Crippen LogP contribution in [0.1, 0.15) is 12.0 Å². The molecule has 0 saturated heterocycles. The Morgan fingerprint density at radius 2 is 2.14 bits per heavy atom. The molecule has 1 amide bonds. The second-order valence-electron chi connectivity index (χ2n) is 3.08. The molecule has 76 valence electrons. The van der Waals surface area contributed by atoms with Crippen LogP contribution in [0.4, 0.5) is 0 Å². The third kappa shape index (κ3) is 3.38. The number of rotatable bonds is 4. The second kappa shape index (κ2) is 5.65. The molecule has 1 aromatic heterocycles. The van der Waals surface area contributed by atoms with Crippen LogP contribution in [0.5, 0.6) is 0 Å². The minimum atomic E-state index is 0.122. The molecule has 0 aromatic carbocycles. The monoisotopic (exact) mass is 210 g/mol. The maximum absolute atomic E-state index is 11.4. The van der Waals surface area contributed by atoms with Gasteiger partial charge in [0.25, 0.3) is 0 Å². The third-order valence-electron chi connectivity index (χ3n) is 1.92. The molecule has 0 saturated carbocycles. The highest BCUT2D eigenvalue weighted by molar-refractivity contribution is 7.80. The van der Waals surface area contributed by atoms with E-state index >= 15 is 0 Å². The normalized spacial score (nSPS) is 9.86. The van der Waals surface area contributed by atoms with Crippen LogP contribution in [0.15, 0.2) is 24.5 Å². The molecule has 0 aliphatic heterocycles. The first-order chi connectivity index (χ1) is 6.74. The zero-order chi connectivity index (χ0) is 10.4. The first-order valence-electron chi connectivity index (χ1n) is 4.47. The molecule has 1 heterocycles. The Morgan fingerprint density at radius 1 is 1.50 bits per heavy atom. The summed E-state index contributed by atoms with van der Waals surface area (Å²) in [6, 6.07) is 3.81. The van der Waals surface area contributed by atoms with E-state index in [4.69, 9.17) is 0 Å². The van der Waals surface area contributed by atoms with E-state index in [1.807, 2.05) is 12.1 Å². The Bertz CT molecular complexity index is 289. The Hall–Kier alpha value is -1.03. The van der Waals surface area contributed by atoms with Gasteiger partial charge >= 0.3 is 0 Å². The van der Waals surface area contributed by atoms with E-state index in [1.54, 1.807) is 24.3 Å². The van der Waals surface area contributed by atoms with Gasteiger partial charge in [0.2, 0.25) is 5.91 Å². The van der Waals surface area contributed by atoms with Crippen molar-refractivity contribution < 1.29 is 4.79 Å². The molecule has 1 rings (SSSR count). The Kier molecular flexibility index (Phi) is 4.46. The lowest BCUT2D eigenvalue weighted by atomic mass is 10.2. The molecule has 4 heteroatoms. The Balaban J connectivity index is 2.49. The van der Waals surface area contributed by atoms with Gasteiger partial charge in [-0.25, -0.2) is 0 Å². The first-order valence-corrected chi connectivity index (χ1v) is 5.11. The van der Waals surface area contributed by atoms with E-state index < -0.39 is 0 Å². The lowest BCUT2D eigenvalue weighted by Crippen LogP contribution is -2.26. The SMILES string of the molecule is CN(Cc1ccncc1)C(=O)CCS. The summed E-state index contributed by atoms with van der Waals surface area (Å²) in [4.78, 5) is 17.0. The Morgan fingerprint density at radius 3 is 2.71 bits per heavy atom. The van der Waals surface area contributed by atoms with Crippen LogP contribution in [-0.2, 0) is 11.3 Å². The number of carbonyl (C=O) groups is 1. The molecule has 14 heavy (non-hydrogen) atoms. The minimum absolute atomic E-state index is 0.122. The molecule has 3 nitrogen and oxygen atoms in total. The topological polar surface area (TPSA) is 33.2 Å². The summed E-state index contributed by atoms with van der Waals surface area (Å²) in [6.07, 6.45) is 3.95. The van der Waals surface area contributed by atoms with Crippen molar-refractivity contribution in [3.05, 3.63) is 30.1 Å². The molecule has 0 fully saturated rings. The molecule has 0 unspecified atom stereocenters. The largest absolute Gasteiger partial charge is 0.341 e. The van der Waals surface area contributed by atoms with Crippen molar-refractivity contribution in [3.8, 4) is 0 Å². The second-order valence-corrected chi connectivity index (χ2v) is 3.53. The van der Waals surface area contributed by atoms with Gasteiger partial charge < -0.3 is 4.90 Å². The van der Waals surface area contributed by atoms with E-state index in [0.29, 0.717) is 18.7 Å². The van der Waals surface area contributed by atoms with Crippen LogP contribution < -0.4 is 0 Å². The standard InChI is InChI=1S/C10H14N2OS/c1-12(10(13)4-7-14)8-9-2-5-11-6-3-9/h2-3,5-6,14H,4,7-8H2,1H3. The molecule has 0 radical (unpaired) electrons. The van der Waals surface area contributed by atoms with Crippen molar-refractivity contribution in [2.45, 2.75) is 13.0 Å². The Labute approximate surface area is 89.6 Å². The smallest absolute Gasteiger partial charge is 0.223 e. The zero-order valence-corrected chi connectivity index (χ0v) is 9.08. The van der Waals surface area contributed by atoms with Crippen LogP contribution in [0.2, 0.25) is 0 Å². The van der Waals surface area contributed by atoms with Gasteiger partial charge in [-0.05, 0) is 23.4 Å². The van der Waals surface area contributed by atoms with E-state index in [1.165, 1.54) is 0 Å². The van der Waals surface area contributed by atoms with Crippen LogP contribution in [0.25, 0.3) is 0 Å². The fraction of sp³-hybridized carbons (Fsp3) is 0.400. The molecular formula is C10H14N2OS. The molecule has 0 spiro atoms. The number of nitrogens with zero attached hydrogens (tertiary/aromatic N) is 2. The number of pyridine rings is 1. The summed E-state index contributed by atoms with van der Waals surface area (Å²) in [5, 5.41) is 0. The lowest BCUT2D eigenvalue weighted by Gasteiger charge is -2.16. The van der Waals surface area contributed by atoms with Crippen LogP contribution >= 0.6 is 12.6 Å². The van der Waals surface area contributed by atoms with Crippen molar-refractivity contribution in [2.24, 2.45) is 0 Å². The molecule has 0 aliphatic carbocycles. The zero-order valence-electron chi connectivity index (χ0n) is 8.18. The number of thiol groups is 1. The van der Waals surface area contributed by atoms with E-state index in [0.717, 1.165) is 5.56 Å². The molecule has 0 bridgehead atoms. The number of hydrogen-bond acceptors (Lipinski definition) is 3. The van der Waals surface area contributed by atoms with Gasteiger partial charge in [-0.2, -0.15) is 12.6 Å². The molecule has 0 N–H and O–H groups in total. The van der Waals surface area contributed by atoms with Crippen LogP contribution in [0.3, 0.4) is 0 Å². The lowest BCUT2D eigenvalue weighted by molar-refractivity contribution is -0.129. The summed E-state index contributed by atoms with van der Waals surface area (Å²) in [5.74, 6) is 0.719. The summed E-state index contributed by atoms with van der Waals surface area (Å²) >= 11 is 4.02. The average molecular weight is 210 g/mol. The highest BCUT2D eigenvalue weighted by Gasteiger charge is 2.07. The van der Waals surface area contributed by atoms with Crippen molar-refractivity contribution >= 4 is 18.5 Å². The molecular weight excluding hydrogens is 196 g/mol. The highest BCUT2D eigenvalue weighted by Crippen LogP contribution is 2.02. The van der Waals surface area contributed by atoms with Gasteiger partial charge in [-0.1, -0.05) is 0 Å². The molecule has 0 atom stereocenters. The summed E-state index contributed by atoms with van der Waals surface area (Å²) in [5.41, 5.74) is 1.09. The maximum Gasteiger partial charge on any atom is 0.223 e. The molecule has 0 aliphatic rings. The summed E-state index contributed by atoms with van der Waals surface area (Å²) in [6.45, 7) is 0.634. The van der Waals surface area contributed by atoms with Crippen LogP contribution in [-0.4, -0.2) is 28.6 Å². The van der Waals surface area contributed by atoms with Crippen molar-refractivity contribution in [1.82, 2.24) is 9.88 Å². The van der Waals surface area contributed by atoms with E-state index in [9.17, 15) is 4.79 Å². The summed E-state index contributed by atoms with van der Waals surface area (Å²) in [7, 11) is 1.80. The van der Waals surface area contributed by atoms with Gasteiger partial charge in [-0.15, -0.1) is 0 Å². The van der Waals surface area contributed by atoms with Crippen LogP contribution in [0, 0.1) is 0 Å². The van der Waals surface area contributed by atoms with Gasteiger partial charge in [0.05, 0.1) is 0 Å². The number of aromatic nitrogens is 1. The number of amides is 1. The fourth-order valence-electron chi connectivity index (χ4n) is 1.14. The quantitative estimate of drug-likeness (QED) is 0.761.